The molecule has 0 bridgehead atoms. The van der Waals surface area contributed by atoms with Crippen molar-refractivity contribution in [3.05, 3.63) is 65.2 Å². The highest BCUT2D eigenvalue weighted by Crippen LogP contribution is 2.24. The number of anilines is 1. The van der Waals surface area contributed by atoms with Crippen LogP contribution in [0.15, 0.2) is 48.5 Å². The normalized spacial score (nSPS) is 11.8. The molecule has 0 aliphatic heterocycles. The third kappa shape index (κ3) is 3.18. The van der Waals surface area contributed by atoms with Crippen LogP contribution in [0.5, 0.6) is 0 Å². The number of hydrogen-bond acceptors (Lipinski definition) is 3. The fourth-order valence-corrected chi connectivity index (χ4v) is 2.12. The van der Waals surface area contributed by atoms with Crippen molar-refractivity contribution in [2.45, 2.75) is 19.9 Å². The summed E-state index contributed by atoms with van der Waals surface area (Å²) in [6.45, 7) is 4.02. The molecule has 0 aliphatic rings. The number of carbonyl (C=O) groups excluding carboxylic acids is 1. The van der Waals surface area contributed by atoms with Crippen molar-refractivity contribution in [3.63, 3.8) is 0 Å². The zero-order chi connectivity index (χ0) is 14.5. The van der Waals surface area contributed by atoms with Crippen LogP contribution in [-0.2, 0) is 4.74 Å². The zero-order valence-corrected chi connectivity index (χ0v) is 12.0. The van der Waals surface area contributed by atoms with Gasteiger partial charge in [-0.05, 0) is 31.5 Å². The predicted octanol–water partition coefficient (Wildman–Crippen LogP) is 3.95. The second-order valence-corrected chi connectivity index (χ2v) is 4.82. The molecule has 0 radical (unpaired) electrons. The van der Waals surface area contributed by atoms with Crippen LogP contribution in [0.1, 0.15) is 34.5 Å². The van der Waals surface area contributed by atoms with E-state index in [0.717, 1.165) is 11.3 Å². The number of aryl methyl sites for hydroxylation is 1. The quantitative estimate of drug-likeness (QED) is 0.854. The smallest absolute Gasteiger partial charge is 0.339 e. The Kier molecular flexibility index (Phi) is 4.41. The minimum atomic E-state index is -0.323. The van der Waals surface area contributed by atoms with Gasteiger partial charge in [-0.1, -0.05) is 42.0 Å². The average Bonchev–Trinajstić information content (AvgIpc) is 2.49. The molecule has 0 saturated heterocycles. The SMILES string of the molecule is COC(=O)c1cc(C)ccc1NC(C)c1ccccc1. The lowest BCUT2D eigenvalue weighted by atomic mass is 10.1. The first-order valence-corrected chi connectivity index (χ1v) is 6.62. The van der Waals surface area contributed by atoms with Crippen molar-refractivity contribution in [3.8, 4) is 0 Å². The Labute approximate surface area is 119 Å². The summed E-state index contributed by atoms with van der Waals surface area (Å²) in [6.07, 6.45) is 0. The van der Waals surface area contributed by atoms with Gasteiger partial charge in [0.15, 0.2) is 0 Å². The maximum atomic E-state index is 11.8. The predicted molar refractivity (Wildman–Crippen MR) is 81.0 cm³/mol. The molecular formula is C17H19NO2. The molecule has 3 heteroatoms. The Morgan fingerprint density at radius 1 is 1.15 bits per heavy atom. The van der Waals surface area contributed by atoms with Gasteiger partial charge in [-0.25, -0.2) is 4.79 Å². The van der Waals surface area contributed by atoms with Gasteiger partial charge in [-0.3, -0.25) is 0 Å². The fraction of sp³-hybridized carbons (Fsp3) is 0.235. The molecule has 2 rings (SSSR count). The summed E-state index contributed by atoms with van der Waals surface area (Å²) in [5, 5.41) is 3.37. The van der Waals surface area contributed by atoms with E-state index >= 15 is 0 Å². The number of hydrogen-bond donors (Lipinski definition) is 1. The van der Waals surface area contributed by atoms with Gasteiger partial charge in [0.1, 0.15) is 0 Å². The average molecular weight is 269 g/mol. The second-order valence-electron chi connectivity index (χ2n) is 4.82. The highest BCUT2D eigenvalue weighted by molar-refractivity contribution is 5.95. The lowest BCUT2D eigenvalue weighted by Gasteiger charge is -2.18. The van der Waals surface area contributed by atoms with Crippen LogP contribution in [0.3, 0.4) is 0 Å². The van der Waals surface area contributed by atoms with E-state index in [1.165, 1.54) is 12.7 Å². The van der Waals surface area contributed by atoms with Crippen LogP contribution in [0, 0.1) is 6.92 Å². The maximum absolute atomic E-state index is 11.8. The van der Waals surface area contributed by atoms with Crippen LogP contribution in [0.25, 0.3) is 0 Å². The molecule has 104 valence electrons. The van der Waals surface area contributed by atoms with E-state index in [4.69, 9.17) is 4.74 Å². The third-order valence-electron chi connectivity index (χ3n) is 3.25. The van der Waals surface area contributed by atoms with E-state index in [0.29, 0.717) is 5.56 Å². The molecule has 0 saturated carbocycles. The second kappa shape index (κ2) is 6.24. The minimum Gasteiger partial charge on any atom is -0.465 e. The minimum absolute atomic E-state index is 0.113. The molecule has 0 fully saturated rings. The Bertz CT molecular complexity index is 593. The first kappa shape index (κ1) is 14.1. The number of benzene rings is 2. The van der Waals surface area contributed by atoms with Gasteiger partial charge in [0.05, 0.1) is 12.7 Å². The van der Waals surface area contributed by atoms with Crippen molar-refractivity contribution < 1.29 is 9.53 Å². The van der Waals surface area contributed by atoms with Gasteiger partial charge in [-0.2, -0.15) is 0 Å². The molecule has 0 aliphatic carbocycles. The summed E-state index contributed by atoms with van der Waals surface area (Å²) in [5.74, 6) is -0.323. The first-order valence-electron chi connectivity index (χ1n) is 6.62. The molecule has 0 spiro atoms. The van der Waals surface area contributed by atoms with Crippen LogP contribution in [-0.4, -0.2) is 13.1 Å². The number of nitrogens with one attached hydrogen (secondary N) is 1. The Morgan fingerprint density at radius 2 is 1.85 bits per heavy atom. The third-order valence-corrected chi connectivity index (χ3v) is 3.25. The van der Waals surface area contributed by atoms with E-state index in [1.54, 1.807) is 0 Å². The molecule has 0 aromatic heterocycles. The lowest BCUT2D eigenvalue weighted by molar-refractivity contribution is 0.0601. The molecular weight excluding hydrogens is 250 g/mol. The van der Waals surface area contributed by atoms with Gasteiger partial charge in [0.25, 0.3) is 0 Å². The largest absolute Gasteiger partial charge is 0.465 e. The molecule has 2 aromatic rings. The molecule has 1 atom stereocenters. The summed E-state index contributed by atoms with van der Waals surface area (Å²) in [7, 11) is 1.40. The van der Waals surface area contributed by atoms with Gasteiger partial charge in [0, 0.05) is 11.7 Å². The standard InChI is InChI=1S/C17H19NO2/c1-12-9-10-16(15(11-12)17(19)20-3)18-13(2)14-7-5-4-6-8-14/h4-11,13,18H,1-3H3. The topological polar surface area (TPSA) is 38.3 Å². The summed E-state index contributed by atoms with van der Waals surface area (Å²) in [4.78, 5) is 11.8. The van der Waals surface area contributed by atoms with E-state index in [2.05, 4.69) is 24.4 Å². The summed E-state index contributed by atoms with van der Waals surface area (Å²) in [5.41, 5.74) is 3.56. The van der Waals surface area contributed by atoms with Crippen LogP contribution in [0.2, 0.25) is 0 Å². The van der Waals surface area contributed by atoms with E-state index in [1.807, 2.05) is 43.3 Å². The molecule has 1 unspecified atom stereocenters. The van der Waals surface area contributed by atoms with Crippen molar-refractivity contribution in [2.24, 2.45) is 0 Å². The van der Waals surface area contributed by atoms with E-state index in [9.17, 15) is 4.79 Å². The molecule has 0 heterocycles. The number of ether oxygens (including phenoxy) is 1. The Balaban J connectivity index is 2.27. The summed E-state index contributed by atoms with van der Waals surface area (Å²) < 4.78 is 4.84. The number of rotatable bonds is 4. The molecule has 1 N–H and O–H groups in total. The number of methoxy groups -OCH3 is 1. The van der Waals surface area contributed by atoms with Crippen molar-refractivity contribution in [2.75, 3.05) is 12.4 Å². The molecule has 2 aromatic carbocycles. The van der Waals surface area contributed by atoms with Crippen molar-refractivity contribution in [1.29, 1.82) is 0 Å². The Hall–Kier alpha value is -2.29. The van der Waals surface area contributed by atoms with Gasteiger partial charge < -0.3 is 10.1 Å². The van der Waals surface area contributed by atoms with Crippen LogP contribution < -0.4 is 5.32 Å². The molecule has 3 nitrogen and oxygen atoms in total. The van der Waals surface area contributed by atoms with Crippen molar-refractivity contribution in [1.82, 2.24) is 0 Å². The summed E-state index contributed by atoms with van der Waals surface area (Å²) in [6, 6.07) is 16.0. The number of carbonyl (C=O) groups is 1. The van der Waals surface area contributed by atoms with Gasteiger partial charge in [0.2, 0.25) is 0 Å². The lowest BCUT2D eigenvalue weighted by Crippen LogP contribution is -2.12. The van der Waals surface area contributed by atoms with Crippen LogP contribution in [0.4, 0.5) is 5.69 Å². The molecule has 20 heavy (non-hydrogen) atoms. The van der Waals surface area contributed by atoms with Crippen LogP contribution >= 0.6 is 0 Å². The monoisotopic (exact) mass is 269 g/mol. The van der Waals surface area contributed by atoms with E-state index < -0.39 is 0 Å². The zero-order valence-electron chi connectivity index (χ0n) is 12.0. The highest BCUT2D eigenvalue weighted by atomic mass is 16.5. The van der Waals surface area contributed by atoms with Crippen molar-refractivity contribution >= 4 is 11.7 Å². The van der Waals surface area contributed by atoms with Gasteiger partial charge >= 0.3 is 5.97 Å². The summed E-state index contributed by atoms with van der Waals surface area (Å²) >= 11 is 0. The first-order chi connectivity index (χ1) is 9.61. The molecule has 0 amide bonds. The number of esters is 1. The highest BCUT2D eigenvalue weighted by Gasteiger charge is 2.14. The maximum Gasteiger partial charge on any atom is 0.339 e. The van der Waals surface area contributed by atoms with E-state index in [-0.39, 0.29) is 12.0 Å². The Morgan fingerprint density at radius 3 is 2.50 bits per heavy atom. The fourth-order valence-electron chi connectivity index (χ4n) is 2.12. The van der Waals surface area contributed by atoms with Gasteiger partial charge in [-0.15, -0.1) is 0 Å².